The second kappa shape index (κ2) is 6.37. The molecule has 18 heavy (non-hydrogen) atoms. The molecule has 1 aromatic rings. The van der Waals surface area contributed by atoms with Crippen LogP contribution in [0.25, 0.3) is 0 Å². The van der Waals surface area contributed by atoms with Crippen LogP contribution in [0.4, 0.5) is 0 Å². The summed E-state index contributed by atoms with van der Waals surface area (Å²) in [6.07, 6.45) is 10.4. The van der Waals surface area contributed by atoms with Gasteiger partial charge in [-0.25, -0.2) is 0 Å². The van der Waals surface area contributed by atoms with Gasteiger partial charge in [-0.2, -0.15) is 5.10 Å². The average molecular weight is 249 g/mol. The van der Waals surface area contributed by atoms with Crippen LogP contribution in [-0.2, 0) is 13.6 Å². The van der Waals surface area contributed by atoms with Crippen molar-refractivity contribution >= 4 is 0 Å². The molecule has 0 spiro atoms. The molecule has 1 aliphatic carbocycles. The van der Waals surface area contributed by atoms with Crippen LogP contribution in [0.5, 0.6) is 0 Å². The summed E-state index contributed by atoms with van der Waals surface area (Å²) in [7, 11) is 1.99. The molecular formula is C15H27N3. The number of aromatic nitrogens is 2. The van der Waals surface area contributed by atoms with Crippen LogP contribution in [0.15, 0.2) is 6.20 Å². The molecule has 3 heteroatoms. The number of nitrogens with one attached hydrogen (secondary N) is 1. The molecule has 0 aromatic carbocycles. The molecule has 2 rings (SSSR count). The molecule has 0 aliphatic heterocycles. The largest absolute Gasteiger partial charge is 0.310 e. The highest BCUT2D eigenvalue weighted by molar-refractivity contribution is 5.14. The third-order valence-corrected chi connectivity index (χ3v) is 4.36. The third kappa shape index (κ3) is 3.58. The van der Waals surface area contributed by atoms with Crippen LogP contribution in [0.1, 0.15) is 56.7 Å². The molecule has 1 N–H and O–H groups in total. The van der Waals surface area contributed by atoms with Crippen LogP contribution in [0, 0.1) is 12.8 Å². The van der Waals surface area contributed by atoms with E-state index in [1.807, 2.05) is 11.7 Å². The highest BCUT2D eigenvalue weighted by Gasteiger charge is 2.17. The lowest BCUT2D eigenvalue weighted by molar-refractivity contribution is 0.425. The zero-order valence-corrected chi connectivity index (χ0v) is 12.1. The fourth-order valence-corrected chi connectivity index (χ4v) is 3.07. The molecule has 2 unspecified atom stereocenters. The van der Waals surface area contributed by atoms with Crippen LogP contribution in [0.2, 0.25) is 0 Å². The molecule has 0 saturated heterocycles. The molecule has 0 amide bonds. The van der Waals surface area contributed by atoms with E-state index in [0.717, 1.165) is 18.2 Å². The van der Waals surface area contributed by atoms with Gasteiger partial charge in [-0.15, -0.1) is 0 Å². The van der Waals surface area contributed by atoms with Gasteiger partial charge in [-0.1, -0.05) is 26.2 Å². The van der Waals surface area contributed by atoms with E-state index >= 15 is 0 Å². The lowest BCUT2D eigenvalue weighted by atomic mass is 9.98. The maximum absolute atomic E-state index is 4.40. The molecule has 3 nitrogen and oxygen atoms in total. The van der Waals surface area contributed by atoms with Gasteiger partial charge in [0.25, 0.3) is 0 Å². The standard InChI is InChI=1S/C15H27N3/c1-4-13-6-5-7-15(9-8-13)16-10-14-11-18(3)17-12(14)2/h11,13,15-16H,4-10H2,1-3H3. The van der Waals surface area contributed by atoms with Gasteiger partial charge in [-0.05, 0) is 32.1 Å². The fraction of sp³-hybridized carbons (Fsp3) is 0.800. The summed E-state index contributed by atoms with van der Waals surface area (Å²) in [5.74, 6) is 0.969. The molecule has 1 saturated carbocycles. The van der Waals surface area contributed by atoms with Gasteiger partial charge in [0, 0.05) is 31.4 Å². The highest BCUT2D eigenvalue weighted by Crippen LogP contribution is 2.25. The van der Waals surface area contributed by atoms with Gasteiger partial charge in [0.1, 0.15) is 0 Å². The highest BCUT2D eigenvalue weighted by atomic mass is 15.2. The van der Waals surface area contributed by atoms with E-state index < -0.39 is 0 Å². The minimum atomic E-state index is 0.709. The van der Waals surface area contributed by atoms with Crippen molar-refractivity contribution in [1.82, 2.24) is 15.1 Å². The van der Waals surface area contributed by atoms with Crippen molar-refractivity contribution in [1.29, 1.82) is 0 Å². The van der Waals surface area contributed by atoms with E-state index in [1.165, 1.54) is 44.1 Å². The van der Waals surface area contributed by atoms with Crippen LogP contribution >= 0.6 is 0 Å². The monoisotopic (exact) mass is 249 g/mol. The maximum atomic E-state index is 4.40. The summed E-state index contributed by atoms with van der Waals surface area (Å²) in [6.45, 7) is 5.40. The molecule has 1 aromatic heterocycles. The molecule has 102 valence electrons. The van der Waals surface area contributed by atoms with E-state index in [4.69, 9.17) is 0 Å². The molecular weight excluding hydrogens is 222 g/mol. The first-order chi connectivity index (χ1) is 8.69. The number of aryl methyl sites for hydroxylation is 2. The summed E-state index contributed by atoms with van der Waals surface area (Å²) in [5.41, 5.74) is 2.50. The van der Waals surface area contributed by atoms with Crippen molar-refractivity contribution in [3.8, 4) is 0 Å². The topological polar surface area (TPSA) is 29.9 Å². The Hall–Kier alpha value is -0.830. The number of rotatable bonds is 4. The zero-order chi connectivity index (χ0) is 13.0. The Morgan fingerprint density at radius 2 is 2.17 bits per heavy atom. The van der Waals surface area contributed by atoms with Gasteiger partial charge in [0.2, 0.25) is 0 Å². The maximum Gasteiger partial charge on any atom is 0.0638 e. The fourth-order valence-electron chi connectivity index (χ4n) is 3.07. The Morgan fingerprint density at radius 1 is 1.33 bits per heavy atom. The van der Waals surface area contributed by atoms with Gasteiger partial charge in [0.15, 0.2) is 0 Å². The van der Waals surface area contributed by atoms with Crippen molar-refractivity contribution in [3.05, 3.63) is 17.5 Å². The van der Waals surface area contributed by atoms with Crippen molar-refractivity contribution in [2.24, 2.45) is 13.0 Å². The average Bonchev–Trinajstić information content (AvgIpc) is 2.55. The van der Waals surface area contributed by atoms with Crippen LogP contribution < -0.4 is 5.32 Å². The first-order valence-electron chi connectivity index (χ1n) is 7.41. The summed E-state index contributed by atoms with van der Waals surface area (Å²) in [6, 6.07) is 0.709. The van der Waals surface area contributed by atoms with E-state index in [2.05, 4.69) is 30.5 Å². The van der Waals surface area contributed by atoms with E-state index in [0.29, 0.717) is 6.04 Å². The van der Waals surface area contributed by atoms with Crippen molar-refractivity contribution in [2.75, 3.05) is 0 Å². The number of nitrogens with zero attached hydrogens (tertiary/aromatic N) is 2. The third-order valence-electron chi connectivity index (χ3n) is 4.36. The van der Waals surface area contributed by atoms with Crippen molar-refractivity contribution in [3.63, 3.8) is 0 Å². The molecule has 1 fully saturated rings. The van der Waals surface area contributed by atoms with E-state index in [-0.39, 0.29) is 0 Å². The molecule has 2 atom stereocenters. The first-order valence-corrected chi connectivity index (χ1v) is 7.41. The van der Waals surface area contributed by atoms with Gasteiger partial charge in [-0.3, -0.25) is 4.68 Å². The van der Waals surface area contributed by atoms with E-state index in [1.54, 1.807) is 0 Å². The quantitative estimate of drug-likeness (QED) is 0.831. The summed E-state index contributed by atoms with van der Waals surface area (Å²) < 4.78 is 1.91. The SMILES string of the molecule is CCC1CCCC(NCc2cn(C)nc2C)CC1. The smallest absolute Gasteiger partial charge is 0.0638 e. The second-order valence-electron chi connectivity index (χ2n) is 5.77. The number of hydrogen-bond donors (Lipinski definition) is 1. The first kappa shape index (κ1) is 13.6. The minimum Gasteiger partial charge on any atom is -0.310 e. The molecule has 0 radical (unpaired) electrons. The Kier molecular flexibility index (Phi) is 4.81. The van der Waals surface area contributed by atoms with Gasteiger partial charge in [0.05, 0.1) is 5.69 Å². The van der Waals surface area contributed by atoms with Gasteiger partial charge < -0.3 is 5.32 Å². The predicted molar refractivity (Wildman–Crippen MR) is 75.4 cm³/mol. The lowest BCUT2D eigenvalue weighted by Gasteiger charge is -2.16. The minimum absolute atomic E-state index is 0.709. The Labute approximate surface area is 111 Å². The number of hydrogen-bond acceptors (Lipinski definition) is 2. The van der Waals surface area contributed by atoms with E-state index in [9.17, 15) is 0 Å². The normalized spacial score (nSPS) is 25.1. The molecule has 1 heterocycles. The van der Waals surface area contributed by atoms with Crippen LogP contribution in [-0.4, -0.2) is 15.8 Å². The summed E-state index contributed by atoms with van der Waals surface area (Å²) >= 11 is 0. The molecule has 1 aliphatic rings. The zero-order valence-electron chi connectivity index (χ0n) is 12.1. The van der Waals surface area contributed by atoms with Crippen molar-refractivity contribution in [2.45, 2.75) is 65.0 Å². The second-order valence-corrected chi connectivity index (χ2v) is 5.77. The summed E-state index contributed by atoms with van der Waals surface area (Å²) in [5, 5.41) is 8.12. The summed E-state index contributed by atoms with van der Waals surface area (Å²) in [4.78, 5) is 0. The van der Waals surface area contributed by atoms with Crippen LogP contribution in [0.3, 0.4) is 0 Å². The van der Waals surface area contributed by atoms with Crippen molar-refractivity contribution < 1.29 is 0 Å². The van der Waals surface area contributed by atoms with Gasteiger partial charge >= 0.3 is 0 Å². The lowest BCUT2D eigenvalue weighted by Crippen LogP contribution is -2.28. The Balaban J connectivity index is 1.81. The predicted octanol–water partition coefficient (Wildman–Crippen LogP) is 3.18. The Bertz CT molecular complexity index is 370. The molecule has 0 bridgehead atoms. The Morgan fingerprint density at radius 3 is 2.83 bits per heavy atom.